The van der Waals surface area contributed by atoms with Crippen molar-refractivity contribution in [2.45, 2.75) is 32.0 Å². The molecular formula is C20H22N4O3. The summed E-state index contributed by atoms with van der Waals surface area (Å²) in [6, 6.07) is 9.42. The first-order valence-corrected chi connectivity index (χ1v) is 8.87. The van der Waals surface area contributed by atoms with Gasteiger partial charge < -0.3 is 14.4 Å². The van der Waals surface area contributed by atoms with Crippen molar-refractivity contribution < 1.29 is 14.3 Å². The second kappa shape index (κ2) is 8.14. The number of nitrogens with zero attached hydrogens (tertiary/aromatic N) is 4. The van der Waals surface area contributed by atoms with E-state index in [-0.39, 0.29) is 18.8 Å². The van der Waals surface area contributed by atoms with Crippen molar-refractivity contribution >= 4 is 22.8 Å². The van der Waals surface area contributed by atoms with E-state index in [0.717, 1.165) is 0 Å². The number of anilines is 1. The molecule has 0 radical (unpaired) electrons. The Balaban J connectivity index is 2.09. The van der Waals surface area contributed by atoms with Gasteiger partial charge in [-0.3, -0.25) is 4.79 Å². The lowest BCUT2D eigenvalue weighted by Gasteiger charge is -2.37. The molecule has 0 bridgehead atoms. The highest BCUT2D eigenvalue weighted by atomic mass is 16.5. The Morgan fingerprint density at radius 3 is 2.59 bits per heavy atom. The van der Waals surface area contributed by atoms with E-state index in [2.05, 4.69) is 11.6 Å². The van der Waals surface area contributed by atoms with E-state index in [4.69, 9.17) is 14.5 Å². The molecular weight excluding hydrogens is 344 g/mol. The first kappa shape index (κ1) is 18.8. The molecule has 2 aromatic rings. The van der Waals surface area contributed by atoms with Gasteiger partial charge in [0.05, 0.1) is 29.3 Å². The molecule has 0 aliphatic carbocycles. The van der Waals surface area contributed by atoms with Gasteiger partial charge >= 0.3 is 5.97 Å². The lowest BCUT2D eigenvalue weighted by Crippen LogP contribution is -2.46. The van der Waals surface area contributed by atoms with Gasteiger partial charge in [-0.05, 0) is 26.0 Å². The third-order valence-electron chi connectivity index (χ3n) is 4.28. The van der Waals surface area contributed by atoms with Gasteiger partial charge in [-0.25, -0.2) is 9.97 Å². The second-order valence-corrected chi connectivity index (χ2v) is 6.56. The van der Waals surface area contributed by atoms with Gasteiger partial charge in [0, 0.05) is 13.1 Å². The highest BCUT2D eigenvalue weighted by molar-refractivity contribution is 5.85. The van der Waals surface area contributed by atoms with Crippen molar-refractivity contribution in [1.82, 2.24) is 9.97 Å². The van der Waals surface area contributed by atoms with Crippen LogP contribution >= 0.6 is 0 Å². The molecule has 0 saturated carbocycles. The topological polar surface area (TPSA) is 88.3 Å². The van der Waals surface area contributed by atoms with E-state index in [9.17, 15) is 10.1 Å². The molecule has 27 heavy (non-hydrogen) atoms. The van der Waals surface area contributed by atoms with Crippen LogP contribution in [-0.4, -0.2) is 47.8 Å². The van der Waals surface area contributed by atoms with Crippen LogP contribution < -0.4 is 4.90 Å². The Hall–Kier alpha value is -2.98. The number of benzene rings is 1. The quantitative estimate of drug-likeness (QED) is 0.593. The summed E-state index contributed by atoms with van der Waals surface area (Å²) in [7, 11) is 0. The molecule has 1 aliphatic heterocycles. The zero-order valence-electron chi connectivity index (χ0n) is 15.5. The number of nitriles is 1. The number of rotatable bonds is 5. The van der Waals surface area contributed by atoms with Crippen molar-refractivity contribution in [3.05, 3.63) is 42.6 Å². The minimum Gasteiger partial charge on any atom is -0.460 e. The third kappa shape index (κ3) is 4.07. The van der Waals surface area contributed by atoms with Gasteiger partial charge in [0.2, 0.25) is 0 Å². The molecule has 1 fully saturated rings. The number of carbonyl (C=O) groups excluding carboxylic acids is 1. The van der Waals surface area contributed by atoms with Gasteiger partial charge in [-0.2, -0.15) is 5.26 Å². The van der Waals surface area contributed by atoms with Crippen LogP contribution in [0.25, 0.3) is 11.0 Å². The molecule has 7 heteroatoms. The van der Waals surface area contributed by atoms with E-state index < -0.39 is 11.9 Å². The summed E-state index contributed by atoms with van der Waals surface area (Å²) in [6.45, 7) is 8.74. The molecule has 0 amide bonds. The lowest BCUT2D eigenvalue weighted by atomic mass is 10.1. The van der Waals surface area contributed by atoms with Gasteiger partial charge in [-0.15, -0.1) is 0 Å². The minimum absolute atomic E-state index is 0.00289. The number of carbonyl (C=O) groups is 1. The number of para-hydroxylation sites is 2. The standard InChI is InChI=1S/C20H22N4O3/c1-4-9-26-20(25)15(10-21)18-19(24-11-13(2)27-14(3)12-24)23-17-8-6-5-7-16(17)22-18/h4-8,13-15H,1,9,11-12H2,2-3H3/t13-,14-,15+/m0/s1. The number of aromatic nitrogens is 2. The highest BCUT2D eigenvalue weighted by Gasteiger charge is 2.32. The smallest absolute Gasteiger partial charge is 0.330 e. The summed E-state index contributed by atoms with van der Waals surface area (Å²) in [4.78, 5) is 23.8. The van der Waals surface area contributed by atoms with Crippen LogP contribution in [0, 0.1) is 11.3 Å². The van der Waals surface area contributed by atoms with Crippen molar-refractivity contribution in [2.75, 3.05) is 24.6 Å². The molecule has 1 aliphatic rings. The summed E-state index contributed by atoms with van der Waals surface area (Å²) < 4.78 is 10.9. The summed E-state index contributed by atoms with van der Waals surface area (Å²) in [5.74, 6) is -1.29. The zero-order valence-corrected chi connectivity index (χ0v) is 15.5. The third-order valence-corrected chi connectivity index (χ3v) is 4.28. The fourth-order valence-corrected chi connectivity index (χ4v) is 3.23. The largest absolute Gasteiger partial charge is 0.460 e. The van der Waals surface area contributed by atoms with Crippen LogP contribution in [0.15, 0.2) is 36.9 Å². The molecule has 2 heterocycles. The highest BCUT2D eigenvalue weighted by Crippen LogP contribution is 2.29. The molecule has 0 spiro atoms. The Labute approximate surface area is 158 Å². The number of fused-ring (bicyclic) bond motifs is 1. The predicted molar refractivity (Wildman–Crippen MR) is 101 cm³/mol. The van der Waals surface area contributed by atoms with Crippen molar-refractivity contribution in [2.24, 2.45) is 0 Å². The molecule has 3 atom stereocenters. The average Bonchev–Trinajstić information content (AvgIpc) is 2.65. The Bertz CT molecular complexity index is 882. The number of morpholine rings is 1. The molecule has 7 nitrogen and oxygen atoms in total. The second-order valence-electron chi connectivity index (χ2n) is 6.56. The van der Waals surface area contributed by atoms with Crippen LogP contribution in [0.3, 0.4) is 0 Å². The Morgan fingerprint density at radius 1 is 1.37 bits per heavy atom. The van der Waals surface area contributed by atoms with E-state index in [1.807, 2.05) is 49.1 Å². The average molecular weight is 366 g/mol. The van der Waals surface area contributed by atoms with Crippen molar-refractivity contribution in [3.8, 4) is 6.07 Å². The summed E-state index contributed by atoms with van der Waals surface area (Å²) >= 11 is 0. The molecule has 1 saturated heterocycles. The summed E-state index contributed by atoms with van der Waals surface area (Å²) in [5.41, 5.74) is 1.65. The molecule has 1 aromatic carbocycles. The fraction of sp³-hybridized carbons (Fsp3) is 0.400. The zero-order chi connectivity index (χ0) is 19.4. The number of esters is 1. The van der Waals surface area contributed by atoms with Gasteiger partial charge in [0.15, 0.2) is 11.7 Å². The van der Waals surface area contributed by atoms with E-state index in [1.165, 1.54) is 6.08 Å². The maximum absolute atomic E-state index is 12.4. The SMILES string of the molecule is C=CCOC(=O)[C@H](C#N)c1nc2ccccc2nc1N1C[C@H](C)O[C@@H](C)C1. The lowest BCUT2D eigenvalue weighted by molar-refractivity contribution is -0.142. The molecule has 3 rings (SSSR count). The first-order chi connectivity index (χ1) is 13.0. The number of hydrogen-bond donors (Lipinski definition) is 0. The maximum Gasteiger partial charge on any atom is 0.330 e. The van der Waals surface area contributed by atoms with Crippen LogP contribution in [0.5, 0.6) is 0 Å². The Morgan fingerprint density at radius 2 is 2.00 bits per heavy atom. The normalized spacial score (nSPS) is 20.7. The van der Waals surface area contributed by atoms with Crippen LogP contribution in [0.2, 0.25) is 0 Å². The molecule has 140 valence electrons. The number of hydrogen-bond acceptors (Lipinski definition) is 7. The fourth-order valence-electron chi connectivity index (χ4n) is 3.23. The van der Waals surface area contributed by atoms with Gasteiger partial charge in [0.25, 0.3) is 0 Å². The summed E-state index contributed by atoms with van der Waals surface area (Å²) in [6.07, 6.45) is 1.47. The van der Waals surface area contributed by atoms with Crippen LogP contribution in [0.1, 0.15) is 25.5 Å². The van der Waals surface area contributed by atoms with Gasteiger partial charge in [0.1, 0.15) is 12.3 Å². The first-order valence-electron chi connectivity index (χ1n) is 8.87. The van der Waals surface area contributed by atoms with Crippen LogP contribution in [0.4, 0.5) is 5.82 Å². The number of ether oxygens (including phenoxy) is 2. The van der Waals surface area contributed by atoms with Gasteiger partial charge in [-0.1, -0.05) is 24.8 Å². The summed E-state index contributed by atoms with van der Waals surface area (Å²) in [5, 5.41) is 9.66. The van der Waals surface area contributed by atoms with E-state index in [1.54, 1.807) is 0 Å². The Kier molecular flexibility index (Phi) is 5.67. The van der Waals surface area contributed by atoms with E-state index in [0.29, 0.717) is 35.6 Å². The van der Waals surface area contributed by atoms with Crippen molar-refractivity contribution in [3.63, 3.8) is 0 Å². The predicted octanol–water partition coefficient (Wildman–Crippen LogP) is 2.58. The molecule has 0 N–H and O–H groups in total. The van der Waals surface area contributed by atoms with E-state index >= 15 is 0 Å². The maximum atomic E-state index is 12.4. The molecule has 0 unspecified atom stereocenters. The van der Waals surface area contributed by atoms with Crippen LogP contribution in [-0.2, 0) is 14.3 Å². The minimum atomic E-state index is -1.16. The van der Waals surface area contributed by atoms with Crippen molar-refractivity contribution in [1.29, 1.82) is 5.26 Å². The molecule has 1 aromatic heterocycles. The monoisotopic (exact) mass is 366 g/mol.